The van der Waals surface area contributed by atoms with Crippen LogP contribution in [0.5, 0.6) is 0 Å². The zero-order chi connectivity index (χ0) is 28.1. The summed E-state index contributed by atoms with van der Waals surface area (Å²) in [4.78, 5) is 27.7. The summed E-state index contributed by atoms with van der Waals surface area (Å²) < 4.78 is 6.92. The molecule has 220 valence electrons. The van der Waals surface area contributed by atoms with Crippen molar-refractivity contribution in [1.29, 1.82) is 0 Å². The first kappa shape index (κ1) is 29.3. The molecule has 0 unspecified atom stereocenters. The number of piperidine rings is 3. The number of nitrogens with two attached hydrogens (primary N) is 1. The molecule has 3 saturated heterocycles. The molecule has 10 nitrogen and oxygen atoms in total. The van der Waals surface area contributed by atoms with Crippen molar-refractivity contribution in [1.82, 2.24) is 28.6 Å². The predicted molar refractivity (Wildman–Crippen MR) is 162 cm³/mol. The van der Waals surface area contributed by atoms with E-state index < -0.39 is 0 Å². The highest BCUT2D eigenvalue weighted by atomic mass is 32.2. The molecule has 0 saturated carbocycles. The lowest BCUT2D eigenvalue weighted by molar-refractivity contribution is -0.120. The summed E-state index contributed by atoms with van der Waals surface area (Å²) in [6.45, 7) is 8.45. The van der Waals surface area contributed by atoms with Gasteiger partial charge in [-0.15, -0.1) is 0 Å². The number of aromatic nitrogens is 2. The number of nitrogens with one attached hydrogen (secondary N) is 1. The Bertz CT molecular complexity index is 1130. The zero-order valence-electron chi connectivity index (χ0n) is 24.1. The summed E-state index contributed by atoms with van der Waals surface area (Å²) >= 11 is 1.96. The third-order valence-electron chi connectivity index (χ3n) is 8.99. The van der Waals surface area contributed by atoms with E-state index in [0.29, 0.717) is 24.3 Å². The smallest absolute Gasteiger partial charge is 0.221 e. The third-order valence-corrected chi connectivity index (χ3v) is 10.2. The van der Waals surface area contributed by atoms with Gasteiger partial charge >= 0.3 is 0 Å². The van der Waals surface area contributed by atoms with Gasteiger partial charge in [0.1, 0.15) is 0 Å². The predicted octanol–water partition coefficient (Wildman–Crippen LogP) is 2.55. The van der Waals surface area contributed by atoms with Gasteiger partial charge in [0.05, 0.1) is 5.52 Å². The van der Waals surface area contributed by atoms with Gasteiger partial charge in [-0.1, -0.05) is 6.07 Å². The second kappa shape index (κ2) is 13.7. The fourth-order valence-corrected chi connectivity index (χ4v) is 7.46. The Morgan fingerprint density at radius 1 is 1.07 bits per heavy atom. The second-order valence-electron chi connectivity index (χ2n) is 11.7. The summed E-state index contributed by atoms with van der Waals surface area (Å²) in [6.07, 6.45) is 8.19. The zero-order valence-corrected chi connectivity index (χ0v) is 24.9. The molecule has 3 fully saturated rings. The van der Waals surface area contributed by atoms with Crippen LogP contribution in [0, 0.1) is 5.92 Å². The van der Waals surface area contributed by atoms with E-state index in [0.717, 1.165) is 62.3 Å². The van der Waals surface area contributed by atoms with Crippen LogP contribution in [0.1, 0.15) is 56.4 Å². The van der Waals surface area contributed by atoms with E-state index in [2.05, 4.69) is 42.1 Å². The van der Waals surface area contributed by atoms with Gasteiger partial charge < -0.3 is 16.0 Å². The number of aryl methyl sites for hydroxylation is 1. The molecule has 2 amide bonds. The topological polar surface area (TPSA) is 103 Å². The van der Waals surface area contributed by atoms with E-state index in [1.54, 1.807) is 7.05 Å². The van der Waals surface area contributed by atoms with Gasteiger partial charge in [-0.05, 0) is 81.1 Å². The number of amides is 2. The summed E-state index contributed by atoms with van der Waals surface area (Å²) in [7, 11) is 3.53. The highest BCUT2D eigenvalue weighted by Crippen LogP contribution is 2.34. The van der Waals surface area contributed by atoms with Crippen molar-refractivity contribution in [3.8, 4) is 0 Å². The lowest BCUT2D eigenvalue weighted by atomic mass is 9.88. The molecule has 3 aliphatic rings. The minimum Gasteiger partial charge on any atom is -0.359 e. The molecule has 0 radical (unpaired) electrons. The first-order valence-corrected chi connectivity index (χ1v) is 15.7. The molecule has 4 heterocycles. The summed E-state index contributed by atoms with van der Waals surface area (Å²) in [5, 5.41) is 8.18. The van der Waals surface area contributed by atoms with Gasteiger partial charge in [-0.25, -0.2) is 8.61 Å². The Balaban J connectivity index is 1.10. The second-order valence-corrected chi connectivity index (χ2v) is 12.9. The number of hydrogen-bond acceptors (Lipinski definition) is 8. The fourth-order valence-electron chi connectivity index (χ4n) is 6.39. The van der Waals surface area contributed by atoms with Gasteiger partial charge in [-0.2, -0.15) is 5.10 Å². The van der Waals surface area contributed by atoms with Crippen molar-refractivity contribution in [2.24, 2.45) is 18.7 Å². The SMILES string of the molecule is CNC(=O)CCN(C=O)c1nn(C)c2cc(C3CCN(CC4CCN(SN5CCC(N)CC5)CC4)CC3)ccc12. The highest BCUT2D eigenvalue weighted by Gasteiger charge is 2.28. The Hall–Kier alpha value is -2.18. The lowest BCUT2D eigenvalue weighted by Crippen LogP contribution is -2.42. The van der Waals surface area contributed by atoms with E-state index in [4.69, 9.17) is 5.73 Å². The first-order chi connectivity index (χ1) is 19.4. The van der Waals surface area contributed by atoms with Crippen molar-refractivity contribution in [2.75, 3.05) is 64.3 Å². The van der Waals surface area contributed by atoms with Gasteiger partial charge in [0, 0.05) is 83.3 Å². The van der Waals surface area contributed by atoms with Gasteiger partial charge in [0.2, 0.25) is 12.3 Å². The normalized spacial score (nSPS) is 21.2. The number of benzene rings is 1. The van der Waals surface area contributed by atoms with Crippen LogP contribution < -0.4 is 16.0 Å². The van der Waals surface area contributed by atoms with Crippen molar-refractivity contribution in [3.05, 3.63) is 23.8 Å². The number of carbonyl (C=O) groups is 2. The standard InChI is InChI=1S/C29H46N8O2S/c1-31-28(39)11-14-35(21-38)29-26-4-3-24(19-27(26)33(2)32-29)23-7-12-34(13-8-23)20-22-5-15-36(16-6-22)40-37-17-9-25(30)10-18-37/h3-4,19,21-23,25H,5-18,20,30H2,1-2H3,(H,31,39). The summed E-state index contributed by atoms with van der Waals surface area (Å²) in [6, 6.07) is 6.94. The van der Waals surface area contributed by atoms with Crippen molar-refractivity contribution < 1.29 is 9.59 Å². The molecular weight excluding hydrogens is 524 g/mol. The van der Waals surface area contributed by atoms with Crippen LogP contribution in [0.3, 0.4) is 0 Å². The van der Waals surface area contributed by atoms with Crippen molar-refractivity contribution >= 4 is 41.2 Å². The number of hydrogen-bond donors (Lipinski definition) is 2. The van der Waals surface area contributed by atoms with Crippen molar-refractivity contribution in [3.63, 3.8) is 0 Å². The van der Waals surface area contributed by atoms with E-state index in [9.17, 15) is 9.59 Å². The fraction of sp³-hybridized carbons (Fsp3) is 0.690. The molecule has 2 aromatic rings. The molecule has 0 atom stereocenters. The molecular formula is C29H46N8O2S. The maximum absolute atomic E-state index is 11.8. The maximum atomic E-state index is 11.8. The molecule has 1 aromatic heterocycles. The van der Waals surface area contributed by atoms with Crippen LogP contribution in [0.4, 0.5) is 5.82 Å². The molecule has 0 spiro atoms. The van der Waals surface area contributed by atoms with E-state index in [-0.39, 0.29) is 12.3 Å². The third kappa shape index (κ3) is 7.17. The van der Waals surface area contributed by atoms with Gasteiger partial charge in [0.15, 0.2) is 5.82 Å². The number of anilines is 1. The Kier molecular flexibility index (Phi) is 10.0. The van der Waals surface area contributed by atoms with Crippen LogP contribution in [0.2, 0.25) is 0 Å². The number of nitrogens with zero attached hydrogens (tertiary/aromatic N) is 6. The summed E-state index contributed by atoms with van der Waals surface area (Å²) in [5.41, 5.74) is 8.44. The largest absolute Gasteiger partial charge is 0.359 e. The minimum atomic E-state index is -0.0935. The van der Waals surface area contributed by atoms with Crippen LogP contribution in [0.15, 0.2) is 18.2 Å². The Labute approximate surface area is 242 Å². The minimum absolute atomic E-state index is 0.0935. The summed E-state index contributed by atoms with van der Waals surface area (Å²) in [5.74, 6) is 1.87. The molecule has 1 aromatic carbocycles. The van der Waals surface area contributed by atoms with Crippen LogP contribution in [0.25, 0.3) is 10.9 Å². The average molecular weight is 571 g/mol. The van der Waals surface area contributed by atoms with Crippen LogP contribution in [-0.4, -0.2) is 101 Å². The lowest BCUT2D eigenvalue weighted by Gasteiger charge is -2.39. The number of rotatable bonds is 10. The Morgan fingerprint density at radius 3 is 2.40 bits per heavy atom. The van der Waals surface area contributed by atoms with E-state index in [1.165, 1.54) is 55.8 Å². The number of fused-ring (bicyclic) bond motifs is 1. The highest BCUT2D eigenvalue weighted by molar-refractivity contribution is 7.94. The Morgan fingerprint density at radius 2 is 1.75 bits per heavy atom. The van der Waals surface area contributed by atoms with E-state index in [1.807, 2.05) is 23.9 Å². The molecule has 11 heteroatoms. The molecule has 0 bridgehead atoms. The monoisotopic (exact) mass is 570 g/mol. The molecule has 40 heavy (non-hydrogen) atoms. The van der Waals surface area contributed by atoms with Crippen LogP contribution in [-0.2, 0) is 16.6 Å². The molecule has 3 N–H and O–H groups in total. The van der Waals surface area contributed by atoms with Gasteiger partial charge in [0.25, 0.3) is 0 Å². The quantitative estimate of drug-likeness (QED) is 0.332. The van der Waals surface area contributed by atoms with Gasteiger partial charge in [-0.3, -0.25) is 19.2 Å². The average Bonchev–Trinajstić information content (AvgIpc) is 3.31. The molecule has 3 aliphatic heterocycles. The number of likely N-dealkylation sites (tertiary alicyclic amines) is 1. The molecule has 5 rings (SSSR count). The van der Waals surface area contributed by atoms with E-state index >= 15 is 0 Å². The number of carbonyl (C=O) groups excluding carboxylic acids is 2. The maximum Gasteiger partial charge on any atom is 0.221 e. The van der Waals surface area contributed by atoms with Crippen molar-refractivity contribution in [2.45, 2.75) is 56.9 Å². The molecule has 0 aliphatic carbocycles. The van der Waals surface area contributed by atoms with Crippen LogP contribution >= 0.6 is 12.1 Å². The first-order valence-electron chi connectivity index (χ1n) is 15.0.